The second-order valence-corrected chi connectivity index (χ2v) is 6.08. The molecule has 0 aliphatic heterocycles. The summed E-state index contributed by atoms with van der Waals surface area (Å²) in [7, 11) is 0. The molecule has 0 aliphatic carbocycles. The maximum absolute atomic E-state index is 13.4. The van der Waals surface area contributed by atoms with E-state index in [1.54, 1.807) is 0 Å². The van der Waals surface area contributed by atoms with E-state index in [-0.39, 0.29) is 5.02 Å². The van der Waals surface area contributed by atoms with Crippen LogP contribution in [0.1, 0.15) is 30.4 Å². The molecule has 2 aromatic carbocycles. The van der Waals surface area contributed by atoms with E-state index < -0.39 is 22.4 Å². The van der Waals surface area contributed by atoms with Gasteiger partial charge in [0, 0.05) is 10.4 Å². The van der Waals surface area contributed by atoms with Gasteiger partial charge in [0.15, 0.2) is 11.6 Å². The third-order valence-electron chi connectivity index (χ3n) is 3.46. The van der Waals surface area contributed by atoms with Gasteiger partial charge < -0.3 is 0 Å². The monoisotopic (exact) mass is 314 g/mol. The molecule has 0 saturated carbocycles. The number of hydrogen-bond donors (Lipinski definition) is 0. The quantitative estimate of drug-likeness (QED) is 0.490. The van der Waals surface area contributed by atoms with Crippen LogP contribution in [0.25, 0.3) is 0 Å². The summed E-state index contributed by atoms with van der Waals surface area (Å²) < 4.78 is 26.6. The zero-order valence-corrected chi connectivity index (χ0v) is 12.6. The fraction of sp³-hybridized carbons (Fsp3) is 0.250. The fourth-order valence-electron chi connectivity index (χ4n) is 2.13. The molecule has 0 nitrogen and oxygen atoms in total. The third kappa shape index (κ3) is 2.82. The summed E-state index contributed by atoms with van der Waals surface area (Å²) >= 11 is 12.5. The van der Waals surface area contributed by atoms with E-state index in [1.165, 1.54) is 0 Å². The van der Waals surface area contributed by atoms with Gasteiger partial charge in [0.2, 0.25) is 0 Å². The number of benzene rings is 2. The number of hydrogen-bond acceptors (Lipinski definition) is 0. The lowest BCUT2D eigenvalue weighted by atomic mass is 9.78. The Morgan fingerprint density at radius 3 is 2.15 bits per heavy atom. The van der Waals surface area contributed by atoms with Crippen molar-refractivity contribution in [2.45, 2.75) is 24.6 Å². The molecule has 0 bridgehead atoms. The molecule has 0 saturated heterocycles. The average Bonchev–Trinajstić information content (AvgIpc) is 2.43. The highest BCUT2D eigenvalue weighted by Gasteiger charge is 2.32. The first kappa shape index (κ1) is 15.3. The summed E-state index contributed by atoms with van der Waals surface area (Å²) in [4.78, 5) is 0. The predicted molar refractivity (Wildman–Crippen MR) is 79.4 cm³/mol. The highest BCUT2D eigenvalue weighted by Crippen LogP contribution is 2.44. The Kier molecular flexibility index (Phi) is 4.36. The Bertz CT molecular complexity index is 609. The summed E-state index contributed by atoms with van der Waals surface area (Å²) in [6, 6.07) is 11.7. The lowest BCUT2D eigenvalue weighted by molar-refractivity contribution is 0.487. The summed E-state index contributed by atoms with van der Waals surface area (Å²) in [6.07, 6.45) is 0. The van der Waals surface area contributed by atoms with Gasteiger partial charge >= 0.3 is 0 Å². The Hall–Kier alpha value is -1.12. The second kappa shape index (κ2) is 5.71. The molecule has 2 rings (SSSR count). The highest BCUT2D eigenvalue weighted by molar-refractivity contribution is 6.33. The molecule has 0 amide bonds. The maximum atomic E-state index is 13.4. The van der Waals surface area contributed by atoms with Gasteiger partial charge in [-0.25, -0.2) is 8.78 Å². The highest BCUT2D eigenvalue weighted by atomic mass is 35.5. The summed E-state index contributed by atoms with van der Waals surface area (Å²) in [5.74, 6) is -1.92. The average molecular weight is 315 g/mol. The van der Waals surface area contributed by atoms with Gasteiger partial charge in [-0.1, -0.05) is 55.8 Å². The summed E-state index contributed by atoms with van der Waals surface area (Å²) in [6.45, 7) is 3.88. The Morgan fingerprint density at radius 2 is 1.55 bits per heavy atom. The predicted octanol–water partition coefficient (Wildman–Crippen LogP) is 5.88. The summed E-state index contributed by atoms with van der Waals surface area (Å²) in [5.41, 5.74) is 0.915. The van der Waals surface area contributed by atoms with Gasteiger partial charge in [0.05, 0.1) is 5.38 Å². The lowest BCUT2D eigenvalue weighted by Crippen LogP contribution is -2.23. The van der Waals surface area contributed by atoms with Crippen molar-refractivity contribution in [3.8, 4) is 0 Å². The van der Waals surface area contributed by atoms with Crippen LogP contribution in [0, 0.1) is 11.6 Å². The molecule has 1 unspecified atom stereocenters. The molecule has 0 aromatic heterocycles. The van der Waals surface area contributed by atoms with Gasteiger partial charge in [0.25, 0.3) is 0 Å². The Balaban J connectivity index is 2.45. The van der Waals surface area contributed by atoms with E-state index >= 15 is 0 Å². The maximum Gasteiger partial charge on any atom is 0.160 e. The molecular formula is C16H14Cl2F2. The van der Waals surface area contributed by atoms with Crippen molar-refractivity contribution in [2.24, 2.45) is 0 Å². The van der Waals surface area contributed by atoms with Crippen LogP contribution in [-0.2, 0) is 5.41 Å². The Morgan fingerprint density at radius 1 is 1.00 bits per heavy atom. The van der Waals surface area contributed by atoms with Crippen LogP contribution in [0.4, 0.5) is 8.78 Å². The van der Waals surface area contributed by atoms with Gasteiger partial charge in [0.1, 0.15) is 0 Å². The minimum absolute atomic E-state index is 0.132. The second-order valence-electron chi connectivity index (χ2n) is 5.24. The van der Waals surface area contributed by atoms with Gasteiger partial charge in [-0.15, -0.1) is 11.6 Å². The fourth-order valence-corrected chi connectivity index (χ4v) is 2.76. The summed E-state index contributed by atoms with van der Waals surface area (Å²) in [5, 5.41) is -0.444. The van der Waals surface area contributed by atoms with Crippen molar-refractivity contribution in [3.05, 3.63) is 70.2 Å². The minimum Gasteiger partial charge on any atom is -0.204 e. The SMILES string of the molecule is CC(C)(c1ccccc1)C(Cl)c1cc(F)c(F)cc1Cl. The normalized spacial score (nSPS) is 13.3. The van der Waals surface area contributed by atoms with E-state index in [2.05, 4.69) is 0 Å². The van der Waals surface area contributed by atoms with Crippen LogP contribution in [0.2, 0.25) is 5.02 Å². The zero-order chi connectivity index (χ0) is 14.9. The molecule has 0 fully saturated rings. The molecule has 1 atom stereocenters. The molecule has 20 heavy (non-hydrogen) atoms. The lowest BCUT2D eigenvalue weighted by Gasteiger charge is -2.31. The van der Waals surface area contributed by atoms with E-state index in [4.69, 9.17) is 23.2 Å². The molecule has 2 aromatic rings. The Labute approximate surface area is 127 Å². The minimum atomic E-state index is -0.972. The van der Waals surface area contributed by atoms with Gasteiger partial charge in [-0.3, -0.25) is 0 Å². The first-order chi connectivity index (χ1) is 9.34. The van der Waals surface area contributed by atoms with E-state index in [9.17, 15) is 8.78 Å². The number of alkyl halides is 1. The van der Waals surface area contributed by atoms with Crippen molar-refractivity contribution >= 4 is 23.2 Å². The molecule has 106 valence electrons. The zero-order valence-electron chi connectivity index (χ0n) is 11.1. The first-order valence-electron chi connectivity index (χ1n) is 6.18. The molecule has 0 aliphatic rings. The van der Waals surface area contributed by atoms with Crippen LogP contribution >= 0.6 is 23.2 Å². The van der Waals surface area contributed by atoms with Crippen molar-refractivity contribution < 1.29 is 8.78 Å². The van der Waals surface area contributed by atoms with Crippen molar-refractivity contribution in [1.82, 2.24) is 0 Å². The van der Waals surface area contributed by atoms with E-state index in [1.807, 2.05) is 44.2 Å². The van der Waals surface area contributed by atoms with E-state index in [0.29, 0.717) is 5.56 Å². The van der Waals surface area contributed by atoms with Crippen LogP contribution in [-0.4, -0.2) is 0 Å². The third-order valence-corrected chi connectivity index (χ3v) is 4.57. The molecule has 4 heteroatoms. The van der Waals surface area contributed by atoms with Crippen molar-refractivity contribution in [1.29, 1.82) is 0 Å². The smallest absolute Gasteiger partial charge is 0.160 e. The van der Waals surface area contributed by atoms with Crippen LogP contribution in [0.3, 0.4) is 0 Å². The van der Waals surface area contributed by atoms with Crippen LogP contribution < -0.4 is 0 Å². The molecule has 0 N–H and O–H groups in total. The van der Waals surface area contributed by atoms with Gasteiger partial charge in [-0.05, 0) is 23.3 Å². The van der Waals surface area contributed by atoms with Gasteiger partial charge in [-0.2, -0.15) is 0 Å². The number of halogens is 4. The topological polar surface area (TPSA) is 0 Å². The standard InChI is InChI=1S/C16H14Cl2F2/c1-16(2,10-6-4-3-5-7-10)15(18)11-8-13(19)14(20)9-12(11)17/h3-9,15H,1-2H3. The largest absolute Gasteiger partial charge is 0.204 e. The first-order valence-corrected chi connectivity index (χ1v) is 6.99. The van der Waals surface area contributed by atoms with Crippen molar-refractivity contribution in [2.75, 3.05) is 0 Å². The van der Waals surface area contributed by atoms with E-state index in [0.717, 1.165) is 17.7 Å². The molecular weight excluding hydrogens is 301 g/mol. The molecule has 0 heterocycles. The molecule has 0 radical (unpaired) electrons. The van der Waals surface area contributed by atoms with Crippen LogP contribution in [0.5, 0.6) is 0 Å². The van der Waals surface area contributed by atoms with Crippen molar-refractivity contribution in [3.63, 3.8) is 0 Å². The number of rotatable bonds is 3. The molecule has 0 spiro atoms. The van der Waals surface area contributed by atoms with Crippen LogP contribution in [0.15, 0.2) is 42.5 Å².